The lowest BCUT2D eigenvalue weighted by Crippen LogP contribution is -2.01. The van der Waals surface area contributed by atoms with Gasteiger partial charge in [0.05, 0.1) is 13.7 Å². The van der Waals surface area contributed by atoms with Crippen LogP contribution in [0.5, 0.6) is 17.2 Å². The maximum atomic E-state index is 14.4. The van der Waals surface area contributed by atoms with Crippen molar-refractivity contribution in [2.24, 2.45) is 0 Å². The van der Waals surface area contributed by atoms with Gasteiger partial charge < -0.3 is 19.8 Å². The Morgan fingerprint density at radius 2 is 1.96 bits per heavy atom. The summed E-state index contributed by atoms with van der Waals surface area (Å²) in [5.74, 6) is 1.53. The molecule has 0 aliphatic heterocycles. The molecule has 0 aliphatic carbocycles. The second-order valence-corrected chi connectivity index (χ2v) is 5.48. The lowest BCUT2D eigenvalue weighted by molar-refractivity contribution is 0.370. The van der Waals surface area contributed by atoms with Crippen molar-refractivity contribution in [3.8, 4) is 17.2 Å². The summed E-state index contributed by atoms with van der Waals surface area (Å²) < 4.78 is 25.4. The number of imidazole rings is 1. The molecule has 130 valence electrons. The standard InChI is InChI=1S/C19H20FN3O2/c1-3-13-4-6-17(18(10-13)24-2)25-16-7-5-14(11-15(16)20)23-12-19-21-8-9-22-19/h4-11,23H,3,12H2,1-2H3,(H,21,22). The summed E-state index contributed by atoms with van der Waals surface area (Å²) in [5.41, 5.74) is 1.77. The average Bonchev–Trinajstić information content (AvgIpc) is 3.15. The van der Waals surface area contributed by atoms with Gasteiger partial charge in [-0.3, -0.25) is 0 Å². The maximum Gasteiger partial charge on any atom is 0.169 e. The average molecular weight is 341 g/mol. The van der Waals surface area contributed by atoms with Gasteiger partial charge in [-0.25, -0.2) is 9.37 Å². The number of halogens is 1. The molecule has 0 spiro atoms. The molecule has 0 amide bonds. The second kappa shape index (κ2) is 7.70. The minimum atomic E-state index is -0.453. The number of rotatable bonds is 7. The molecule has 0 radical (unpaired) electrons. The van der Waals surface area contributed by atoms with Crippen LogP contribution in [0.4, 0.5) is 10.1 Å². The molecule has 3 rings (SSSR count). The summed E-state index contributed by atoms with van der Waals surface area (Å²) in [6.45, 7) is 2.54. The first kappa shape index (κ1) is 16.8. The third-order valence-corrected chi connectivity index (χ3v) is 3.80. The zero-order valence-electron chi connectivity index (χ0n) is 14.2. The Kier molecular flexibility index (Phi) is 5.18. The van der Waals surface area contributed by atoms with Crippen LogP contribution in [0.25, 0.3) is 0 Å². The van der Waals surface area contributed by atoms with Crippen molar-refractivity contribution in [2.45, 2.75) is 19.9 Å². The number of anilines is 1. The Hall–Kier alpha value is -3.02. The van der Waals surface area contributed by atoms with Crippen molar-refractivity contribution in [1.29, 1.82) is 0 Å². The molecule has 0 aliphatic rings. The molecule has 1 heterocycles. The second-order valence-electron chi connectivity index (χ2n) is 5.48. The Balaban J connectivity index is 1.73. The molecular weight excluding hydrogens is 321 g/mol. The van der Waals surface area contributed by atoms with E-state index < -0.39 is 5.82 Å². The number of nitrogens with zero attached hydrogens (tertiary/aromatic N) is 1. The van der Waals surface area contributed by atoms with Crippen LogP contribution in [0.15, 0.2) is 48.8 Å². The van der Waals surface area contributed by atoms with E-state index >= 15 is 0 Å². The number of methoxy groups -OCH3 is 1. The quantitative estimate of drug-likeness (QED) is 0.663. The molecule has 25 heavy (non-hydrogen) atoms. The highest BCUT2D eigenvalue weighted by molar-refractivity contribution is 5.50. The van der Waals surface area contributed by atoms with Crippen LogP contribution in [0.1, 0.15) is 18.3 Å². The molecule has 0 unspecified atom stereocenters. The SMILES string of the molecule is CCc1ccc(Oc2ccc(NCc3ncc[nH]3)cc2F)c(OC)c1. The summed E-state index contributed by atoms with van der Waals surface area (Å²) >= 11 is 0. The number of H-pyrrole nitrogens is 1. The summed E-state index contributed by atoms with van der Waals surface area (Å²) in [4.78, 5) is 7.09. The Bertz CT molecular complexity index is 835. The van der Waals surface area contributed by atoms with E-state index in [1.807, 2.05) is 12.1 Å². The summed E-state index contributed by atoms with van der Waals surface area (Å²) in [6.07, 6.45) is 4.30. The number of aromatic amines is 1. The van der Waals surface area contributed by atoms with Gasteiger partial charge in [-0.1, -0.05) is 13.0 Å². The van der Waals surface area contributed by atoms with E-state index in [-0.39, 0.29) is 5.75 Å². The van der Waals surface area contributed by atoms with E-state index in [0.717, 1.165) is 17.8 Å². The molecule has 0 bridgehead atoms. The van der Waals surface area contributed by atoms with Crippen LogP contribution >= 0.6 is 0 Å². The van der Waals surface area contributed by atoms with Crippen molar-refractivity contribution in [3.63, 3.8) is 0 Å². The smallest absolute Gasteiger partial charge is 0.169 e. The minimum Gasteiger partial charge on any atom is -0.493 e. The molecule has 3 aromatic rings. The van der Waals surface area contributed by atoms with Gasteiger partial charge in [0.2, 0.25) is 0 Å². The third-order valence-electron chi connectivity index (χ3n) is 3.80. The number of nitrogens with one attached hydrogen (secondary N) is 2. The van der Waals surface area contributed by atoms with Crippen LogP contribution < -0.4 is 14.8 Å². The predicted octanol–water partition coefficient (Wildman–Crippen LogP) is 4.52. The maximum absolute atomic E-state index is 14.4. The summed E-state index contributed by atoms with van der Waals surface area (Å²) in [7, 11) is 1.57. The molecule has 0 fully saturated rings. The van der Waals surface area contributed by atoms with Crippen LogP contribution in [-0.2, 0) is 13.0 Å². The summed E-state index contributed by atoms with van der Waals surface area (Å²) in [6, 6.07) is 10.4. The van der Waals surface area contributed by atoms with Crippen molar-refractivity contribution in [2.75, 3.05) is 12.4 Å². The number of benzene rings is 2. The highest BCUT2D eigenvalue weighted by Crippen LogP contribution is 2.34. The van der Waals surface area contributed by atoms with Crippen molar-refractivity contribution >= 4 is 5.69 Å². The Morgan fingerprint density at radius 3 is 2.64 bits per heavy atom. The molecule has 2 aromatic carbocycles. The number of hydrogen-bond acceptors (Lipinski definition) is 4. The topological polar surface area (TPSA) is 59.2 Å². The summed E-state index contributed by atoms with van der Waals surface area (Å²) in [5, 5.41) is 3.10. The lowest BCUT2D eigenvalue weighted by atomic mass is 10.1. The molecular formula is C19H20FN3O2. The van der Waals surface area contributed by atoms with Gasteiger partial charge in [0.25, 0.3) is 0 Å². The van der Waals surface area contributed by atoms with Crippen LogP contribution in [-0.4, -0.2) is 17.1 Å². The normalized spacial score (nSPS) is 10.5. The molecule has 6 heteroatoms. The molecule has 0 saturated heterocycles. The van der Waals surface area contributed by atoms with Crippen LogP contribution in [0.2, 0.25) is 0 Å². The number of aryl methyl sites for hydroxylation is 1. The molecule has 1 aromatic heterocycles. The van der Waals surface area contributed by atoms with Crippen molar-refractivity contribution < 1.29 is 13.9 Å². The van der Waals surface area contributed by atoms with Crippen LogP contribution in [0, 0.1) is 5.82 Å². The van der Waals surface area contributed by atoms with E-state index in [1.54, 1.807) is 37.7 Å². The van der Waals surface area contributed by atoms with E-state index in [4.69, 9.17) is 9.47 Å². The monoisotopic (exact) mass is 341 g/mol. The predicted molar refractivity (Wildman–Crippen MR) is 94.8 cm³/mol. The fourth-order valence-corrected chi connectivity index (χ4v) is 2.41. The Morgan fingerprint density at radius 1 is 1.12 bits per heavy atom. The number of aromatic nitrogens is 2. The van der Waals surface area contributed by atoms with E-state index in [1.165, 1.54) is 6.07 Å². The van der Waals surface area contributed by atoms with Gasteiger partial charge in [-0.2, -0.15) is 0 Å². The molecule has 0 saturated carbocycles. The van der Waals surface area contributed by atoms with Gasteiger partial charge in [-0.05, 0) is 36.2 Å². The van der Waals surface area contributed by atoms with E-state index in [0.29, 0.717) is 23.7 Å². The first-order valence-electron chi connectivity index (χ1n) is 8.06. The zero-order chi connectivity index (χ0) is 17.6. The van der Waals surface area contributed by atoms with Gasteiger partial charge in [-0.15, -0.1) is 0 Å². The first-order chi connectivity index (χ1) is 12.2. The van der Waals surface area contributed by atoms with Gasteiger partial charge in [0.15, 0.2) is 23.1 Å². The van der Waals surface area contributed by atoms with E-state index in [9.17, 15) is 4.39 Å². The molecule has 2 N–H and O–H groups in total. The lowest BCUT2D eigenvalue weighted by Gasteiger charge is -2.13. The van der Waals surface area contributed by atoms with E-state index in [2.05, 4.69) is 22.2 Å². The fourth-order valence-electron chi connectivity index (χ4n) is 2.41. The van der Waals surface area contributed by atoms with Crippen LogP contribution in [0.3, 0.4) is 0 Å². The number of hydrogen-bond donors (Lipinski definition) is 2. The van der Waals surface area contributed by atoms with Gasteiger partial charge >= 0.3 is 0 Å². The van der Waals surface area contributed by atoms with Gasteiger partial charge in [0.1, 0.15) is 5.82 Å². The minimum absolute atomic E-state index is 0.145. The van der Waals surface area contributed by atoms with Crippen molar-refractivity contribution in [1.82, 2.24) is 9.97 Å². The third kappa shape index (κ3) is 4.09. The van der Waals surface area contributed by atoms with Gasteiger partial charge in [0, 0.05) is 24.1 Å². The molecule has 0 atom stereocenters. The number of ether oxygens (including phenoxy) is 2. The fraction of sp³-hybridized carbons (Fsp3) is 0.211. The Labute approximate surface area is 145 Å². The molecule has 5 nitrogen and oxygen atoms in total. The highest BCUT2D eigenvalue weighted by Gasteiger charge is 2.11. The zero-order valence-corrected chi connectivity index (χ0v) is 14.2. The first-order valence-corrected chi connectivity index (χ1v) is 8.06. The highest BCUT2D eigenvalue weighted by atomic mass is 19.1. The largest absolute Gasteiger partial charge is 0.493 e. The van der Waals surface area contributed by atoms with Crippen molar-refractivity contribution in [3.05, 3.63) is 66.0 Å².